The van der Waals surface area contributed by atoms with Gasteiger partial charge in [0.05, 0.1) is 5.39 Å². The SMILES string of the molecule is CN(C)CCCCNc1nc(N)nc2sccc12. The van der Waals surface area contributed by atoms with Crippen LogP contribution in [0.15, 0.2) is 11.4 Å². The molecule has 98 valence electrons. The number of nitrogens with zero attached hydrogens (tertiary/aromatic N) is 3. The molecule has 0 aliphatic heterocycles. The van der Waals surface area contributed by atoms with Gasteiger partial charge < -0.3 is 16.0 Å². The number of nitrogens with one attached hydrogen (secondary N) is 1. The van der Waals surface area contributed by atoms with Crippen molar-refractivity contribution in [1.82, 2.24) is 14.9 Å². The molecule has 0 aliphatic carbocycles. The van der Waals surface area contributed by atoms with E-state index in [0.29, 0.717) is 5.95 Å². The number of aromatic nitrogens is 2. The van der Waals surface area contributed by atoms with Crippen LogP contribution in [0.3, 0.4) is 0 Å². The first kappa shape index (κ1) is 13.0. The maximum atomic E-state index is 5.69. The van der Waals surface area contributed by atoms with Gasteiger partial charge in [-0.3, -0.25) is 0 Å². The zero-order chi connectivity index (χ0) is 13.0. The predicted molar refractivity (Wildman–Crippen MR) is 78.1 cm³/mol. The highest BCUT2D eigenvalue weighted by Crippen LogP contribution is 2.25. The summed E-state index contributed by atoms with van der Waals surface area (Å²) in [4.78, 5) is 11.6. The van der Waals surface area contributed by atoms with E-state index in [1.807, 2.05) is 11.4 Å². The van der Waals surface area contributed by atoms with E-state index in [0.717, 1.165) is 35.5 Å². The summed E-state index contributed by atoms with van der Waals surface area (Å²) in [7, 11) is 4.18. The molecule has 0 amide bonds. The van der Waals surface area contributed by atoms with E-state index >= 15 is 0 Å². The molecule has 6 heteroatoms. The van der Waals surface area contributed by atoms with E-state index < -0.39 is 0 Å². The summed E-state index contributed by atoms with van der Waals surface area (Å²) in [5.41, 5.74) is 5.69. The van der Waals surface area contributed by atoms with Crippen molar-refractivity contribution < 1.29 is 0 Å². The summed E-state index contributed by atoms with van der Waals surface area (Å²) in [6.07, 6.45) is 2.29. The van der Waals surface area contributed by atoms with Crippen molar-refractivity contribution in [2.45, 2.75) is 12.8 Å². The van der Waals surface area contributed by atoms with Crippen LogP contribution >= 0.6 is 11.3 Å². The topological polar surface area (TPSA) is 67.1 Å². The van der Waals surface area contributed by atoms with Gasteiger partial charge in [-0.05, 0) is 44.9 Å². The molecule has 5 nitrogen and oxygen atoms in total. The van der Waals surface area contributed by atoms with Gasteiger partial charge in [0.15, 0.2) is 0 Å². The standard InChI is InChI=1S/C12H19N5S/c1-17(2)7-4-3-6-14-10-9-5-8-18-11(9)16-12(13)15-10/h5,8H,3-4,6-7H2,1-2H3,(H3,13,14,15,16). The number of fused-ring (bicyclic) bond motifs is 1. The molecule has 2 heterocycles. The Kier molecular flexibility index (Phi) is 4.33. The number of hydrogen-bond acceptors (Lipinski definition) is 6. The van der Waals surface area contributed by atoms with Crippen LogP contribution in [-0.4, -0.2) is 42.1 Å². The van der Waals surface area contributed by atoms with E-state index in [2.05, 4.69) is 34.3 Å². The lowest BCUT2D eigenvalue weighted by atomic mass is 10.3. The predicted octanol–water partition coefficient (Wildman–Crippen LogP) is 2.03. The van der Waals surface area contributed by atoms with Crippen molar-refractivity contribution in [2.75, 3.05) is 38.2 Å². The molecular weight excluding hydrogens is 246 g/mol. The van der Waals surface area contributed by atoms with E-state index in [-0.39, 0.29) is 0 Å². The van der Waals surface area contributed by atoms with Gasteiger partial charge in [0.1, 0.15) is 10.6 Å². The molecule has 0 fully saturated rings. The van der Waals surface area contributed by atoms with Gasteiger partial charge >= 0.3 is 0 Å². The number of nitrogens with two attached hydrogens (primary N) is 1. The molecular formula is C12H19N5S. The second-order valence-corrected chi connectivity index (χ2v) is 5.40. The van der Waals surface area contributed by atoms with Crippen LogP contribution in [-0.2, 0) is 0 Å². The summed E-state index contributed by atoms with van der Waals surface area (Å²) in [6.45, 7) is 2.02. The van der Waals surface area contributed by atoms with Crippen molar-refractivity contribution in [3.8, 4) is 0 Å². The Bertz CT molecular complexity index is 508. The molecule has 0 atom stereocenters. The molecule has 2 aromatic rings. The second-order valence-electron chi connectivity index (χ2n) is 4.51. The Morgan fingerprint density at radius 1 is 1.33 bits per heavy atom. The summed E-state index contributed by atoms with van der Waals surface area (Å²) in [6, 6.07) is 2.03. The summed E-state index contributed by atoms with van der Waals surface area (Å²) in [5, 5.41) is 6.41. The number of unbranched alkanes of at least 4 members (excludes halogenated alkanes) is 1. The molecule has 0 unspecified atom stereocenters. The Labute approximate surface area is 111 Å². The monoisotopic (exact) mass is 265 g/mol. The van der Waals surface area contributed by atoms with Crippen molar-refractivity contribution in [3.05, 3.63) is 11.4 Å². The normalized spacial score (nSPS) is 11.3. The maximum Gasteiger partial charge on any atom is 0.223 e. The molecule has 18 heavy (non-hydrogen) atoms. The highest BCUT2D eigenvalue weighted by Gasteiger charge is 2.06. The molecule has 0 bridgehead atoms. The highest BCUT2D eigenvalue weighted by atomic mass is 32.1. The number of thiophene rings is 1. The van der Waals surface area contributed by atoms with Crippen LogP contribution in [0, 0.1) is 0 Å². The Hall–Kier alpha value is -1.40. The van der Waals surface area contributed by atoms with Crippen LogP contribution in [0.5, 0.6) is 0 Å². The Morgan fingerprint density at radius 3 is 2.94 bits per heavy atom. The third-order valence-electron chi connectivity index (χ3n) is 2.67. The lowest BCUT2D eigenvalue weighted by Gasteiger charge is -2.10. The van der Waals surface area contributed by atoms with Crippen LogP contribution in [0.4, 0.5) is 11.8 Å². The minimum Gasteiger partial charge on any atom is -0.369 e. The molecule has 0 radical (unpaired) electrons. The lowest BCUT2D eigenvalue weighted by molar-refractivity contribution is 0.396. The average molecular weight is 265 g/mol. The number of hydrogen-bond donors (Lipinski definition) is 2. The number of rotatable bonds is 6. The van der Waals surface area contributed by atoms with Gasteiger partial charge in [0.2, 0.25) is 5.95 Å². The molecule has 2 rings (SSSR count). The quantitative estimate of drug-likeness (QED) is 0.782. The van der Waals surface area contributed by atoms with Crippen molar-refractivity contribution in [1.29, 1.82) is 0 Å². The minimum atomic E-state index is 0.334. The first-order valence-corrected chi connectivity index (χ1v) is 6.94. The van der Waals surface area contributed by atoms with E-state index in [4.69, 9.17) is 5.73 Å². The number of nitrogen functional groups attached to an aromatic ring is 1. The summed E-state index contributed by atoms with van der Waals surface area (Å²) < 4.78 is 0. The first-order valence-electron chi connectivity index (χ1n) is 6.06. The van der Waals surface area contributed by atoms with Crippen molar-refractivity contribution in [3.63, 3.8) is 0 Å². The third-order valence-corrected chi connectivity index (χ3v) is 3.47. The molecule has 0 aliphatic rings. The summed E-state index contributed by atoms with van der Waals surface area (Å²) >= 11 is 1.59. The van der Waals surface area contributed by atoms with Crippen LogP contribution in [0.1, 0.15) is 12.8 Å². The van der Waals surface area contributed by atoms with Crippen molar-refractivity contribution >= 4 is 33.3 Å². The lowest BCUT2D eigenvalue weighted by Crippen LogP contribution is -2.14. The van der Waals surface area contributed by atoms with Gasteiger partial charge in [-0.2, -0.15) is 4.98 Å². The van der Waals surface area contributed by atoms with Crippen LogP contribution in [0.2, 0.25) is 0 Å². The first-order chi connectivity index (χ1) is 8.66. The zero-order valence-electron chi connectivity index (χ0n) is 10.8. The largest absolute Gasteiger partial charge is 0.369 e. The molecule has 0 saturated carbocycles. The fraction of sp³-hybridized carbons (Fsp3) is 0.500. The molecule has 0 aromatic carbocycles. The van der Waals surface area contributed by atoms with Gasteiger partial charge in [-0.15, -0.1) is 11.3 Å². The van der Waals surface area contributed by atoms with Gasteiger partial charge in [0.25, 0.3) is 0 Å². The van der Waals surface area contributed by atoms with Gasteiger partial charge in [0, 0.05) is 6.54 Å². The summed E-state index contributed by atoms with van der Waals surface area (Å²) in [5.74, 6) is 1.18. The third kappa shape index (κ3) is 3.30. The van der Waals surface area contributed by atoms with Crippen LogP contribution < -0.4 is 11.1 Å². The Morgan fingerprint density at radius 2 is 2.17 bits per heavy atom. The zero-order valence-corrected chi connectivity index (χ0v) is 11.6. The van der Waals surface area contributed by atoms with E-state index in [9.17, 15) is 0 Å². The average Bonchev–Trinajstić information content (AvgIpc) is 2.75. The molecule has 0 spiro atoms. The van der Waals surface area contributed by atoms with E-state index in [1.54, 1.807) is 11.3 Å². The van der Waals surface area contributed by atoms with Crippen LogP contribution in [0.25, 0.3) is 10.2 Å². The molecule has 0 saturated heterocycles. The fourth-order valence-corrected chi connectivity index (χ4v) is 2.54. The van der Waals surface area contributed by atoms with Crippen molar-refractivity contribution in [2.24, 2.45) is 0 Å². The Balaban J connectivity index is 1.93. The molecule has 2 aromatic heterocycles. The van der Waals surface area contributed by atoms with E-state index in [1.165, 1.54) is 6.42 Å². The fourth-order valence-electron chi connectivity index (χ4n) is 1.77. The second kappa shape index (κ2) is 5.97. The van der Waals surface area contributed by atoms with Gasteiger partial charge in [-0.25, -0.2) is 4.98 Å². The molecule has 3 N–H and O–H groups in total. The minimum absolute atomic E-state index is 0.334. The highest BCUT2D eigenvalue weighted by molar-refractivity contribution is 7.16. The number of anilines is 2. The van der Waals surface area contributed by atoms with Gasteiger partial charge in [-0.1, -0.05) is 0 Å². The smallest absolute Gasteiger partial charge is 0.223 e. The maximum absolute atomic E-state index is 5.69.